The fourth-order valence-electron chi connectivity index (χ4n) is 1.32. The Balaban J connectivity index is 2.02. The fraction of sp³-hybridized carbons (Fsp3) is 0.400. The van der Waals surface area contributed by atoms with E-state index in [2.05, 4.69) is 32.4 Å². The van der Waals surface area contributed by atoms with E-state index in [4.69, 9.17) is 0 Å². The SMILES string of the molecule is CCc1cc(NCc2nncn2C)ncn1. The molecule has 0 saturated heterocycles. The van der Waals surface area contributed by atoms with Crippen molar-refractivity contribution in [2.75, 3.05) is 5.32 Å². The van der Waals surface area contributed by atoms with Crippen molar-refractivity contribution in [2.45, 2.75) is 19.9 Å². The standard InChI is InChI=1S/C10H14N6/c1-3-8-4-9(13-6-12-8)11-5-10-15-14-7-16(10)2/h4,6-7H,3,5H2,1-2H3,(H,11,12,13). The van der Waals surface area contributed by atoms with Gasteiger partial charge in [-0.15, -0.1) is 10.2 Å². The van der Waals surface area contributed by atoms with Crippen LogP contribution in [-0.4, -0.2) is 24.7 Å². The topological polar surface area (TPSA) is 68.5 Å². The minimum absolute atomic E-state index is 0.608. The summed E-state index contributed by atoms with van der Waals surface area (Å²) in [6.45, 7) is 2.67. The van der Waals surface area contributed by atoms with Crippen LogP contribution < -0.4 is 5.32 Å². The van der Waals surface area contributed by atoms with Gasteiger partial charge in [0.25, 0.3) is 0 Å². The first-order valence-corrected chi connectivity index (χ1v) is 5.17. The molecule has 6 nitrogen and oxygen atoms in total. The summed E-state index contributed by atoms with van der Waals surface area (Å²) in [5, 5.41) is 11.0. The van der Waals surface area contributed by atoms with E-state index in [-0.39, 0.29) is 0 Å². The van der Waals surface area contributed by atoms with Gasteiger partial charge in [0.1, 0.15) is 18.5 Å². The number of nitrogens with one attached hydrogen (secondary N) is 1. The number of nitrogens with zero attached hydrogens (tertiary/aromatic N) is 5. The zero-order valence-corrected chi connectivity index (χ0v) is 9.38. The molecule has 0 aliphatic rings. The summed E-state index contributed by atoms with van der Waals surface area (Å²) in [6, 6.07) is 1.94. The van der Waals surface area contributed by atoms with Crippen LogP contribution in [0.4, 0.5) is 5.82 Å². The first-order chi connectivity index (χ1) is 7.79. The Hall–Kier alpha value is -1.98. The second-order valence-electron chi connectivity index (χ2n) is 3.46. The second-order valence-corrected chi connectivity index (χ2v) is 3.46. The van der Waals surface area contributed by atoms with Gasteiger partial charge in [0, 0.05) is 18.8 Å². The third-order valence-electron chi connectivity index (χ3n) is 2.32. The van der Waals surface area contributed by atoms with E-state index in [9.17, 15) is 0 Å². The smallest absolute Gasteiger partial charge is 0.151 e. The molecule has 2 aromatic rings. The summed E-state index contributed by atoms with van der Waals surface area (Å²) < 4.78 is 1.87. The van der Waals surface area contributed by atoms with Gasteiger partial charge in [0.2, 0.25) is 0 Å². The summed E-state index contributed by atoms with van der Waals surface area (Å²) in [7, 11) is 1.91. The summed E-state index contributed by atoms with van der Waals surface area (Å²) in [4.78, 5) is 8.27. The molecule has 0 amide bonds. The molecule has 0 spiro atoms. The highest BCUT2D eigenvalue weighted by Crippen LogP contribution is 2.05. The lowest BCUT2D eigenvalue weighted by atomic mass is 10.3. The Morgan fingerprint density at radius 1 is 1.38 bits per heavy atom. The maximum atomic E-state index is 4.14. The first kappa shape index (κ1) is 10.5. The van der Waals surface area contributed by atoms with Gasteiger partial charge in [0.05, 0.1) is 6.54 Å². The molecule has 6 heteroatoms. The quantitative estimate of drug-likeness (QED) is 0.821. The van der Waals surface area contributed by atoms with E-state index >= 15 is 0 Å². The van der Waals surface area contributed by atoms with Gasteiger partial charge in [-0.2, -0.15) is 0 Å². The molecule has 1 N–H and O–H groups in total. The molecule has 0 fully saturated rings. The van der Waals surface area contributed by atoms with Crippen molar-refractivity contribution in [1.29, 1.82) is 0 Å². The predicted molar refractivity (Wildman–Crippen MR) is 59.7 cm³/mol. The van der Waals surface area contributed by atoms with E-state index < -0.39 is 0 Å². The third kappa shape index (κ3) is 2.33. The van der Waals surface area contributed by atoms with Gasteiger partial charge in [-0.25, -0.2) is 9.97 Å². The van der Waals surface area contributed by atoms with Gasteiger partial charge in [0.15, 0.2) is 5.82 Å². The number of hydrogen-bond acceptors (Lipinski definition) is 5. The lowest BCUT2D eigenvalue weighted by Crippen LogP contribution is -2.07. The van der Waals surface area contributed by atoms with E-state index in [0.29, 0.717) is 6.54 Å². The van der Waals surface area contributed by atoms with Crippen LogP contribution in [-0.2, 0) is 20.0 Å². The lowest BCUT2D eigenvalue weighted by molar-refractivity contribution is 0.809. The number of rotatable bonds is 4. The molecule has 2 rings (SSSR count). The molecule has 0 aliphatic carbocycles. The molecule has 0 unspecified atom stereocenters. The molecular formula is C10H14N6. The van der Waals surface area contributed by atoms with Gasteiger partial charge >= 0.3 is 0 Å². The number of aryl methyl sites for hydroxylation is 2. The predicted octanol–water partition coefficient (Wildman–Crippen LogP) is 0.780. The molecule has 0 aliphatic heterocycles. The summed E-state index contributed by atoms with van der Waals surface area (Å²) >= 11 is 0. The molecule has 0 aromatic carbocycles. The fourth-order valence-corrected chi connectivity index (χ4v) is 1.32. The highest BCUT2D eigenvalue weighted by Gasteiger charge is 2.01. The van der Waals surface area contributed by atoms with E-state index in [0.717, 1.165) is 23.8 Å². The average molecular weight is 218 g/mol. The molecule has 2 heterocycles. The monoisotopic (exact) mass is 218 g/mol. The molecule has 0 radical (unpaired) electrons. The lowest BCUT2D eigenvalue weighted by Gasteiger charge is -2.05. The average Bonchev–Trinajstić information content (AvgIpc) is 2.72. The molecule has 2 aromatic heterocycles. The first-order valence-electron chi connectivity index (χ1n) is 5.17. The van der Waals surface area contributed by atoms with Crippen molar-refractivity contribution in [1.82, 2.24) is 24.7 Å². The maximum absolute atomic E-state index is 4.14. The number of anilines is 1. The van der Waals surface area contributed by atoms with E-state index in [1.54, 1.807) is 12.7 Å². The Morgan fingerprint density at radius 2 is 2.25 bits per heavy atom. The van der Waals surface area contributed by atoms with Crippen LogP contribution in [0.1, 0.15) is 18.4 Å². The minimum Gasteiger partial charge on any atom is -0.363 e. The van der Waals surface area contributed by atoms with Crippen molar-refractivity contribution < 1.29 is 0 Å². The molecule has 84 valence electrons. The molecule has 0 bridgehead atoms. The normalized spacial score (nSPS) is 10.4. The number of aromatic nitrogens is 5. The van der Waals surface area contributed by atoms with E-state index in [1.807, 2.05) is 17.7 Å². The minimum atomic E-state index is 0.608. The van der Waals surface area contributed by atoms with Crippen LogP contribution in [0.3, 0.4) is 0 Å². The van der Waals surface area contributed by atoms with Crippen molar-refractivity contribution in [2.24, 2.45) is 7.05 Å². The van der Waals surface area contributed by atoms with Crippen LogP contribution >= 0.6 is 0 Å². The Bertz CT molecular complexity index is 464. The van der Waals surface area contributed by atoms with Crippen LogP contribution in [0, 0.1) is 0 Å². The van der Waals surface area contributed by atoms with Gasteiger partial charge in [-0.05, 0) is 6.42 Å². The summed E-state index contributed by atoms with van der Waals surface area (Å²) in [5.74, 6) is 1.69. The summed E-state index contributed by atoms with van der Waals surface area (Å²) in [5.41, 5.74) is 1.02. The molecule has 0 saturated carbocycles. The Kier molecular flexibility index (Phi) is 3.09. The second kappa shape index (κ2) is 4.69. The highest BCUT2D eigenvalue weighted by molar-refractivity contribution is 5.34. The van der Waals surface area contributed by atoms with Crippen molar-refractivity contribution in [3.8, 4) is 0 Å². The van der Waals surface area contributed by atoms with Crippen LogP contribution in [0.25, 0.3) is 0 Å². The van der Waals surface area contributed by atoms with Gasteiger partial charge < -0.3 is 9.88 Å². The zero-order chi connectivity index (χ0) is 11.4. The van der Waals surface area contributed by atoms with Crippen molar-refractivity contribution >= 4 is 5.82 Å². The largest absolute Gasteiger partial charge is 0.363 e. The van der Waals surface area contributed by atoms with Gasteiger partial charge in [-0.1, -0.05) is 6.92 Å². The number of hydrogen-bond donors (Lipinski definition) is 1. The van der Waals surface area contributed by atoms with Crippen molar-refractivity contribution in [3.05, 3.63) is 30.2 Å². The Labute approximate surface area is 93.8 Å². The van der Waals surface area contributed by atoms with Crippen LogP contribution in [0.15, 0.2) is 18.7 Å². The van der Waals surface area contributed by atoms with Crippen LogP contribution in [0.5, 0.6) is 0 Å². The van der Waals surface area contributed by atoms with Gasteiger partial charge in [-0.3, -0.25) is 0 Å². The van der Waals surface area contributed by atoms with E-state index in [1.165, 1.54) is 0 Å². The maximum Gasteiger partial charge on any atom is 0.151 e. The highest BCUT2D eigenvalue weighted by atomic mass is 15.3. The van der Waals surface area contributed by atoms with Crippen molar-refractivity contribution in [3.63, 3.8) is 0 Å². The molecule has 0 atom stereocenters. The van der Waals surface area contributed by atoms with Crippen LogP contribution in [0.2, 0.25) is 0 Å². The zero-order valence-electron chi connectivity index (χ0n) is 9.38. The molecule has 16 heavy (non-hydrogen) atoms. The Morgan fingerprint density at radius 3 is 2.94 bits per heavy atom. The molecular weight excluding hydrogens is 204 g/mol. The summed E-state index contributed by atoms with van der Waals surface area (Å²) in [6.07, 6.45) is 4.15. The third-order valence-corrected chi connectivity index (χ3v) is 2.32.